The van der Waals surface area contributed by atoms with Gasteiger partial charge in [0.25, 0.3) is 11.8 Å². The molecule has 28 heavy (non-hydrogen) atoms. The van der Waals surface area contributed by atoms with Crippen LogP contribution in [0.15, 0.2) is 36.4 Å². The summed E-state index contributed by atoms with van der Waals surface area (Å²) in [6.45, 7) is 2.40. The quantitative estimate of drug-likeness (QED) is 0.565. The fourth-order valence-corrected chi connectivity index (χ4v) is 3.43. The zero-order valence-corrected chi connectivity index (χ0v) is 16.5. The van der Waals surface area contributed by atoms with Crippen LogP contribution in [0.4, 0.5) is 10.1 Å². The van der Waals surface area contributed by atoms with Gasteiger partial charge in [-0.3, -0.25) is 14.4 Å². The molecule has 1 unspecified atom stereocenters. The molecule has 1 aliphatic rings. The Hall–Kier alpha value is -2.44. The molecule has 3 rings (SSSR count). The van der Waals surface area contributed by atoms with Gasteiger partial charge in [-0.1, -0.05) is 30.7 Å². The smallest absolute Gasteiger partial charge is 0.266 e. The molecule has 1 N–H and O–H groups in total. The number of amides is 3. The molecule has 2 aromatic carbocycles. The number of imide groups is 1. The number of anilines is 1. The van der Waals surface area contributed by atoms with Crippen LogP contribution in [0.1, 0.15) is 39.6 Å². The van der Waals surface area contributed by atoms with E-state index in [0.29, 0.717) is 12.1 Å². The number of hydrogen-bond donors (Lipinski definition) is 1. The number of hydrogen-bond acceptors (Lipinski definition) is 3. The number of carbonyl (C=O) groups is 3. The summed E-state index contributed by atoms with van der Waals surface area (Å²) < 4.78 is 14.6. The summed E-state index contributed by atoms with van der Waals surface area (Å²) in [4.78, 5) is 38.0. The molecule has 1 heterocycles. The van der Waals surface area contributed by atoms with Crippen LogP contribution in [0.2, 0.25) is 5.02 Å². The van der Waals surface area contributed by atoms with E-state index in [0.717, 1.165) is 17.4 Å². The van der Waals surface area contributed by atoms with Crippen LogP contribution in [-0.4, -0.2) is 29.6 Å². The van der Waals surface area contributed by atoms with Crippen LogP contribution >= 0.6 is 23.2 Å². The third-order valence-corrected chi connectivity index (χ3v) is 5.09. The molecule has 0 saturated heterocycles. The van der Waals surface area contributed by atoms with Crippen molar-refractivity contribution >= 4 is 46.6 Å². The summed E-state index contributed by atoms with van der Waals surface area (Å²) in [5, 5.41) is 1.81. The molecule has 2 aromatic rings. The van der Waals surface area contributed by atoms with Crippen molar-refractivity contribution in [2.75, 3.05) is 11.4 Å². The minimum absolute atomic E-state index is 0.0202. The Kier molecular flexibility index (Phi) is 6.01. The first kappa shape index (κ1) is 20.3. The Labute approximate surface area is 171 Å². The molecule has 1 aliphatic heterocycles. The summed E-state index contributed by atoms with van der Waals surface area (Å²) >= 11 is 12.2. The van der Waals surface area contributed by atoms with Crippen molar-refractivity contribution in [2.24, 2.45) is 0 Å². The lowest BCUT2D eigenvalue weighted by Crippen LogP contribution is -2.33. The topological polar surface area (TPSA) is 66.5 Å². The molecule has 1 atom stereocenters. The van der Waals surface area contributed by atoms with Gasteiger partial charge in [-0.05, 0) is 42.7 Å². The Balaban J connectivity index is 1.92. The molecule has 0 bridgehead atoms. The molecule has 0 saturated carbocycles. The number of alkyl halides is 1. The van der Waals surface area contributed by atoms with Gasteiger partial charge in [-0.2, -0.15) is 0 Å². The number of benzene rings is 2. The van der Waals surface area contributed by atoms with E-state index < -0.39 is 23.0 Å². The van der Waals surface area contributed by atoms with Crippen LogP contribution in [0, 0.1) is 5.82 Å². The van der Waals surface area contributed by atoms with E-state index in [1.54, 1.807) is 12.1 Å². The largest absolute Gasteiger partial charge is 0.355 e. The third-order valence-electron chi connectivity index (χ3n) is 4.38. The van der Waals surface area contributed by atoms with Gasteiger partial charge in [-0.25, -0.2) is 9.29 Å². The lowest BCUT2D eigenvalue weighted by molar-refractivity contribution is -0.120. The molecule has 0 spiro atoms. The van der Waals surface area contributed by atoms with Crippen molar-refractivity contribution in [2.45, 2.75) is 25.1 Å². The lowest BCUT2D eigenvalue weighted by Gasteiger charge is -2.18. The molecule has 0 aromatic heterocycles. The van der Waals surface area contributed by atoms with Gasteiger partial charge in [0.1, 0.15) is 11.2 Å². The Morgan fingerprint density at radius 1 is 1.18 bits per heavy atom. The van der Waals surface area contributed by atoms with Gasteiger partial charge in [0, 0.05) is 11.6 Å². The Bertz CT molecular complexity index is 929. The van der Waals surface area contributed by atoms with Crippen LogP contribution in [0.3, 0.4) is 0 Å². The lowest BCUT2D eigenvalue weighted by atomic mass is 10.1. The fraction of sp³-hybridized carbons (Fsp3) is 0.250. The van der Waals surface area contributed by atoms with Crippen LogP contribution in [0.5, 0.6) is 0 Å². The number of rotatable bonds is 6. The maximum Gasteiger partial charge on any atom is 0.266 e. The summed E-state index contributed by atoms with van der Waals surface area (Å²) in [6.07, 6.45) is 0.781. The minimum Gasteiger partial charge on any atom is -0.355 e. The van der Waals surface area contributed by atoms with E-state index in [4.69, 9.17) is 23.2 Å². The number of carbonyl (C=O) groups excluding carboxylic acids is 3. The highest BCUT2D eigenvalue weighted by molar-refractivity contribution is 6.35. The monoisotopic (exact) mass is 422 g/mol. The van der Waals surface area contributed by atoms with Crippen LogP contribution in [0.25, 0.3) is 0 Å². The number of halogens is 3. The van der Waals surface area contributed by atoms with Crippen molar-refractivity contribution in [1.29, 1.82) is 0 Å². The molecule has 0 radical (unpaired) electrons. The predicted octanol–water partition coefficient (Wildman–Crippen LogP) is 3.96. The maximum absolute atomic E-state index is 14.6. The van der Waals surface area contributed by atoms with Crippen LogP contribution in [-0.2, 0) is 11.2 Å². The average molecular weight is 423 g/mol. The zero-order chi connectivity index (χ0) is 20.4. The van der Waals surface area contributed by atoms with Gasteiger partial charge >= 0.3 is 0 Å². The fourth-order valence-electron chi connectivity index (χ4n) is 2.96. The number of nitrogens with one attached hydrogen (secondary N) is 1. The van der Waals surface area contributed by atoms with Crippen molar-refractivity contribution in [3.63, 3.8) is 0 Å². The molecule has 5 nitrogen and oxygen atoms in total. The van der Waals surface area contributed by atoms with E-state index >= 15 is 0 Å². The predicted molar refractivity (Wildman–Crippen MR) is 106 cm³/mol. The zero-order valence-electron chi connectivity index (χ0n) is 15.0. The van der Waals surface area contributed by atoms with Crippen molar-refractivity contribution in [1.82, 2.24) is 5.32 Å². The molecular weight excluding hydrogens is 406 g/mol. The summed E-state index contributed by atoms with van der Waals surface area (Å²) in [5.41, 5.74) is 0.555. The first-order chi connectivity index (χ1) is 13.3. The van der Waals surface area contributed by atoms with Gasteiger partial charge < -0.3 is 5.32 Å². The second kappa shape index (κ2) is 8.29. The highest BCUT2D eigenvalue weighted by Gasteiger charge is 2.38. The van der Waals surface area contributed by atoms with Gasteiger partial charge in [0.05, 0.1) is 16.8 Å². The van der Waals surface area contributed by atoms with Crippen molar-refractivity contribution < 1.29 is 18.8 Å². The number of fused-ring (bicyclic) bond motifs is 1. The summed E-state index contributed by atoms with van der Waals surface area (Å²) in [6, 6.07) is 8.59. The minimum atomic E-state index is -0.926. The number of nitrogens with zero attached hydrogens (tertiary/aromatic N) is 1. The highest BCUT2D eigenvalue weighted by atomic mass is 35.5. The van der Waals surface area contributed by atoms with Gasteiger partial charge in [0.15, 0.2) is 0 Å². The van der Waals surface area contributed by atoms with E-state index in [1.807, 2.05) is 6.92 Å². The molecule has 146 valence electrons. The van der Waals surface area contributed by atoms with Gasteiger partial charge in [0.2, 0.25) is 5.91 Å². The van der Waals surface area contributed by atoms with Crippen molar-refractivity contribution in [3.05, 3.63) is 63.9 Å². The Morgan fingerprint density at radius 2 is 1.79 bits per heavy atom. The molecule has 0 aliphatic carbocycles. The molecule has 8 heteroatoms. The third kappa shape index (κ3) is 3.75. The van der Waals surface area contributed by atoms with E-state index in [2.05, 4.69) is 5.32 Å². The summed E-state index contributed by atoms with van der Waals surface area (Å²) in [5.74, 6) is -2.41. The Morgan fingerprint density at radius 3 is 2.36 bits per heavy atom. The van der Waals surface area contributed by atoms with E-state index in [1.165, 1.54) is 18.2 Å². The SMILES string of the molecule is CCCNC(=O)C(Cl)Cc1cc(N2C(=O)c3ccccc3C2=O)c(F)cc1Cl. The molecule has 3 amide bonds. The van der Waals surface area contributed by atoms with E-state index in [9.17, 15) is 18.8 Å². The average Bonchev–Trinajstić information content (AvgIpc) is 2.93. The maximum atomic E-state index is 14.6. The highest BCUT2D eigenvalue weighted by Crippen LogP contribution is 2.34. The second-order valence-electron chi connectivity index (χ2n) is 6.35. The summed E-state index contributed by atoms with van der Waals surface area (Å²) in [7, 11) is 0. The van der Waals surface area contributed by atoms with Crippen molar-refractivity contribution in [3.8, 4) is 0 Å². The first-order valence-corrected chi connectivity index (χ1v) is 9.54. The van der Waals surface area contributed by atoms with E-state index in [-0.39, 0.29) is 34.2 Å². The normalized spacial score (nSPS) is 14.2. The van der Waals surface area contributed by atoms with Gasteiger partial charge in [-0.15, -0.1) is 11.6 Å². The first-order valence-electron chi connectivity index (χ1n) is 8.72. The second-order valence-corrected chi connectivity index (χ2v) is 7.28. The standard InChI is InChI=1S/C20H17Cl2FN2O3/c1-2-7-24-18(26)15(22)8-11-9-17(16(23)10-14(11)21)25-19(27)12-5-3-4-6-13(12)20(25)28/h3-6,9-10,15H,2,7-8H2,1H3,(H,24,26). The molecule has 0 fully saturated rings. The molecular formula is C20H17Cl2FN2O3. The van der Waals surface area contributed by atoms with Crippen LogP contribution < -0.4 is 10.2 Å².